The summed E-state index contributed by atoms with van der Waals surface area (Å²) >= 11 is 5.94. The molecular weight excluding hydrogens is 318 g/mol. The summed E-state index contributed by atoms with van der Waals surface area (Å²) in [5.41, 5.74) is 1.56. The van der Waals surface area contributed by atoms with Crippen molar-refractivity contribution < 1.29 is 9.59 Å². The Morgan fingerprint density at radius 2 is 2.26 bits per heavy atom. The number of fused-ring (bicyclic) bond motifs is 1. The predicted octanol–water partition coefficient (Wildman–Crippen LogP) is 2.15. The van der Waals surface area contributed by atoms with Gasteiger partial charge in [-0.3, -0.25) is 14.9 Å². The molecular formula is C15H16ClN5O2. The number of carbonyl (C=O) groups is 2. The molecule has 0 aliphatic carbocycles. The Labute approximate surface area is 138 Å². The second-order valence-electron chi connectivity index (χ2n) is 5.56. The van der Waals surface area contributed by atoms with Gasteiger partial charge in [0.25, 0.3) is 0 Å². The first-order valence-corrected chi connectivity index (χ1v) is 7.58. The molecule has 1 atom stereocenters. The lowest BCUT2D eigenvalue weighted by atomic mass is 10.0. The predicted molar refractivity (Wildman–Crippen MR) is 86.3 cm³/mol. The molecule has 2 aromatic rings. The van der Waals surface area contributed by atoms with Crippen LogP contribution >= 0.6 is 11.6 Å². The number of nitrogens with zero attached hydrogens (tertiary/aromatic N) is 3. The van der Waals surface area contributed by atoms with Gasteiger partial charge in [0.15, 0.2) is 0 Å². The number of carbonyl (C=O) groups excluding carboxylic acids is 2. The Morgan fingerprint density at radius 3 is 3.04 bits per heavy atom. The van der Waals surface area contributed by atoms with E-state index in [9.17, 15) is 9.59 Å². The SMILES string of the molecule is Cc1nc2n(n1)C[C@H](CC(=O)Nc1cc(Cl)ccc1C)C(=O)N2. The highest BCUT2D eigenvalue weighted by molar-refractivity contribution is 6.31. The molecule has 8 heteroatoms. The van der Waals surface area contributed by atoms with Gasteiger partial charge in [0, 0.05) is 17.1 Å². The molecule has 7 nitrogen and oxygen atoms in total. The van der Waals surface area contributed by atoms with Crippen molar-refractivity contribution in [2.24, 2.45) is 5.92 Å². The molecule has 2 amide bonds. The fourth-order valence-electron chi connectivity index (χ4n) is 2.49. The lowest BCUT2D eigenvalue weighted by molar-refractivity contribution is -0.126. The van der Waals surface area contributed by atoms with E-state index in [-0.39, 0.29) is 18.2 Å². The molecule has 0 fully saturated rings. The van der Waals surface area contributed by atoms with Crippen LogP contribution in [-0.2, 0) is 16.1 Å². The molecule has 2 N–H and O–H groups in total. The summed E-state index contributed by atoms with van der Waals surface area (Å²) in [5.74, 6) is 0.0663. The Balaban J connectivity index is 1.68. The molecule has 23 heavy (non-hydrogen) atoms. The maximum absolute atomic E-state index is 12.2. The van der Waals surface area contributed by atoms with Crippen molar-refractivity contribution in [3.63, 3.8) is 0 Å². The van der Waals surface area contributed by atoms with E-state index in [1.54, 1.807) is 23.7 Å². The molecule has 1 aliphatic rings. The molecule has 0 bridgehead atoms. The van der Waals surface area contributed by atoms with Crippen LogP contribution < -0.4 is 10.6 Å². The minimum atomic E-state index is -0.483. The second kappa shape index (κ2) is 6.00. The van der Waals surface area contributed by atoms with E-state index >= 15 is 0 Å². The normalized spacial score (nSPS) is 16.7. The fraction of sp³-hybridized carbons (Fsp3) is 0.333. The van der Waals surface area contributed by atoms with Gasteiger partial charge < -0.3 is 5.32 Å². The van der Waals surface area contributed by atoms with E-state index < -0.39 is 5.92 Å². The third kappa shape index (κ3) is 3.34. The van der Waals surface area contributed by atoms with Crippen LogP contribution in [0.5, 0.6) is 0 Å². The number of hydrogen-bond donors (Lipinski definition) is 2. The molecule has 0 radical (unpaired) electrons. The third-order valence-corrected chi connectivity index (χ3v) is 3.92. The van der Waals surface area contributed by atoms with Gasteiger partial charge >= 0.3 is 0 Å². The smallest absolute Gasteiger partial charge is 0.232 e. The van der Waals surface area contributed by atoms with Crippen LogP contribution in [0.3, 0.4) is 0 Å². The van der Waals surface area contributed by atoms with Crippen LogP contribution in [0.1, 0.15) is 17.8 Å². The van der Waals surface area contributed by atoms with Crippen LogP contribution in [0.2, 0.25) is 5.02 Å². The molecule has 2 heterocycles. The van der Waals surface area contributed by atoms with Gasteiger partial charge in [-0.15, -0.1) is 0 Å². The summed E-state index contributed by atoms with van der Waals surface area (Å²) in [6.07, 6.45) is 0.0656. The van der Waals surface area contributed by atoms with Gasteiger partial charge in [0.1, 0.15) is 5.82 Å². The number of rotatable bonds is 3. The van der Waals surface area contributed by atoms with E-state index in [2.05, 4.69) is 20.7 Å². The van der Waals surface area contributed by atoms with E-state index in [0.717, 1.165) is 5.56 Å². The largest absolute Gasteiger partial charge is 0.326 e. The maximum Gasteiger partial charge on any atom is 0.232 e. The topological polar surface area (TPSA) is 88.9 Å². The molecule has 1 aliphatic heterocycles. The molecule has 0 saturated carbocycles. The number of aryl methyl sites for hydroxylation is 2. The number of anilines is 2. The van der Waals surface area contributed by atoms with Crippen LogP contribution in [0.4, 0.5) is 11.6 Å². The fourth-order valence-corrected chi connectivity index (χ4v) is 2.66. The van der Waals surface area contributed by atoms with Crippen molar-refractivity contribution >= 4 is 35.1 Å². The van der Waals surface area contributed by atoms with Gasteiger partial charge in [-0.1, -0.05) is 17.7 Å². The molecule has 0 saturated heterocycles. The number of halogens is 1. The van der Waals surface area contributed by atoms with Gasteiger partial charge in [0.2, 0.25) is 17.8 Å². The second-order valence-corrected chi connectivity index (χ2v) is 6.00. The summed E-state index contributed by atoms with van der Waals surface area (Å²) < 4.78 is 1.61. The van der Waals surface area contributed by atoms with Gasteiger partial charge in [-0.25, -0.2) is 4.68 Å². The van der Waals surface area contributed by atoms with Crippen molar-refractivity contribution in [1.82, 2.24) is 14.8 Å². The molecule has 0 unspecified atom stereocenters. The quantitative estimate of drug-likeness (QED) is 0.900. The number of benzene rings is 1. The third-order valence-electron chi connectivity index (χ3n) is 3.68. The number of amides is 2. The zero-order valence-electron chi connectivity index (χ0n) is 12.8. The average Bonchev–Trinajstić information content (AvgIpc) is 2.82. The van der Waals surface area contributed by atoms with E-state index in [4.69, 9.17) is 11.6 Å². The summed E-state index contributed by atoms with van der Waals surface area (Å²) in [6, 6.07) is 5.28. The van der Waals surface area contributed by atoms with Crippen LogP contribution in [0.15, 0.2) is 18.2 Å². The summed E-state index contributed by atoms with van der Waals surface area (Å²) in [7, 11) is 0. The Hall–Kier alpha value is -2.41. The first kappa shape index (κ1) is 15.5. The van der Waals surface area contributed by atoms with Crippen molar-refractivity contribution in [3.8, 4) is 0 Å². The number of hydrogen-bond acceptors (Lipinski definition) is 4. The Bertz CT molecular complexity index is 786. The summed E-state index contributed by atoms with van der Waals surface area (Å²) in [5, 5.41) is 10.2. The number of nitrogens with one attached hydrogen (secondary N) is 2. The maximum atomic E-state index is 12.2. The summed E-state index contributed by atoms with van der Waals surface area (Å²) in [6.45, 7) is 3.97. The minimum absolute atomic E-state index is 0.0656. The standard InChI is InChI=1S/C15H16ClN5O2/c1-8-3-4-11(16)6-12(8)18-13(22)5-10-7-21-15(19-14(10)23)17-9(2)20-21/h3-4,6,10H,5,7H2,1-2H3,(H,18,22)(H,17,19,20,23)/t10-/m0/s1. The Kier molecular flexibility index (Phi) is 4.04. The van der Waals surface area contributed by atoms with Crippen molar-refractivity contribution in [1.29, 1.82) is 0 Å². The summed E-state index contributed by atoms with van der Waals surface area (Å²) in [4.78, 5) is 28.4. The highest BCUT2D eigenvalue weighted by Crippen LogP contribution is 2.22. The van der Waals surface area contributed by atoms with Crippen molar-refractivity contribution in [3.05, 3.63) is 34.6 Å². The van der Waals surface area contributed by atoms with E-state index in [0.29, 0.717) is 29.0 Å². The lowest BCUT2D eigenvalue weighted by Crippen LogP contribution is -2.36. The zero-order chi connectivity index (χ0) is 16.6. The minimum Gasteiger partial charge on any atom is -0.326 e. The molecule has 0 spiro atoms. The highest BCUT2D eigenvalue weighted by Gasteiger charge is 2.30. The first-order chi connectivity index (χ1) is 10.9. The van der Waals surface area contributed by atoms with Gasteiger partial charge in [-0.05, 0) is 31.5 Å². The van der Waals surface area contributed by atoms with Crippen molar-refractivity contribution in [2.45, 2.75) is 26.8 Å². The molecule has 1 aromatic carbocycles. The molecule has 1 aromatic heterocycles. The zero-order valence-corrected chi connectivity index (χ0v) is 13.5. The van der Waals surface area contributed by atoms with Crippen LogP contribution in [0, 0.1) is 19.8 Å². The average molecular weight is 334 g/mol. The monoisotopic (exact) mass is 333 g/mol. The first-order valence-electron chi connectivity index (χ1n) is 7.20. The van der Waals surface area contributed by atoms with Crippen LogP contribution in [0.25, 0.3) is 0 Å². The van der Waals surface area contributed by atoms with Gasteiger partial charge in [-0.2, -0.15) is 10.1 Å². The van der Waals surface area contributed by atoms with Gasteiger partial charge in [0.05, 0.1) is 12.5 Å². The number of aromatic nitrogens is 3. The van der Waals surface area contributed by atoms with E-state index in [1.165, 1.54) is 0 Å². The molecule has 3 rings (SSSR count). The highest BCUT2D eigenvalue weighted by atomic mass is 35.5. The van der Waals surface area contributed by atoms with Crippen molar-refractivity contribution in [2.75, 3.05) is 10.6 Å². The lowest BCUT2D eigenvalue weighted by Gasteiger charge is -2.21. The molecule has 120 valence electrons. The Morgan fingerprint density at radius 1 is 1.48 bits per heavy atom. The van der Waals surface area contributed by atoms with Crippen LogP contribution in [-0.4, -0.2) is 26.6 Å². The van der Waals surface area contributed by atoms with E-state index in [1.807, 2.05) is 13.0 Å².